The number of amides is 1. The van der Waals surface area contributed by atoms with Crippen molar-refractivity contribution in [3.8, 4) is 0 Å². The van der Waals surface area contributed by atoms with Crippen LogP contribution in [0.5, 0.6) is 0 Å². The number of allylic oxidation sites excluding steroid dienone is 5. The van der Waals surface area contributed by atoms with E-state index >= 15 is 0 Å². The predicted molar refractivity (Wildman–Crippen MR) is 70.2 cm³/mol. The Morgan fingerprint density at radius 1 is 1.12 bits per heavy atom. The van der Waals surface area contributed by atoms with Crippen LogP contribution in [0, 0.1) is 0 Å². The van der Waals surface area contributed by atoms with Gasteiger partial charge in [-0.2, -0.15) is 0 Å². The number of rotatable bonds is 7. The van der Waals surface area contributed by atoms with Crippen LogP contribution in [0.3, 0.4) is 0 Å². The van der Waals surface area contributed by atoms with Crippen molar-refractivity contribution in [1.29, 1.82) is 0 Å². The van der Waals surface area contributed by atoms with E-state index in [1.54, 1.807) is 6.08 Å². The number of nitrogens with one attached hydrogen (secondary N) is 1. The van der Waals surface area contributed by atoms with E-state index in [0.717, 1.165) is 24.8 Å². The number of unbranched alkanes of at least 4 members (excludes halogenated alkanes) is 1. The lowest BCUT2D eigenvalue weighted by molar-refractivity contribution is -0.116. The molecule has 0 fully saturated rings. The summed E-state index contributed by atoms with van der Waals surface area (Å²) in [6.45, 7) is 6.82. The minimum absolute atomic E-state index is 0.0326. The Kier molecular flexibility index (Phi) is 9.38. The second kappa shape index (κ2) is 10.2. The van der Waals surface area contributed by atoms with E-state index in [4.69, 9.17) is 0 Å². The van der Waals surface area contributed by atoms with Crippen LogP contribution in [0.1, 0.15) is 40.0 Å². The van der Waals surface area contributed by atoms with Gasteiger partial charge in [-0.1, -0.05) is 38.5 Å². The fourth-order valence-corrected chi connectivity index (χ4v) is 1.16. The number of hydrogen-bond donors (Lipinski definition) is 1. The zero-order chi connectivity index (χ0) is 12.2. The molecular formula is C14H23NO. The van der Waals surface area contributed by atoms with Gasteiger partial charge in [0.05, 0.1) is 0 Å². The van der Waals surface area contributed by atoms with Crippen LogP contribution in [-0.4, -0.2) is 12.5 Å². The van der Waals surface area contributed by atoms with Crippen molar-refractivity contribution in [2.24, 2.45) is 0 Å². The fourth-order valence-electron chi connectivity index (χ4n) is 1.16. The molecule has 0 saturated heterocycles. The van der Waals surface area contributed by atoms with Crippen LogP contribution in [0.4, 0.5) is 0 Å². The highest BCUT2D eigenvalue weighted by Crippen LogP contribution is 2.04. The van der Waals surface area contributed by atoms with E-state index in [0.29, 0.717) is 6.54 Å². The molecule has 0 radical (unpaired) electrons. The smallest absolute Gasteiger partial charge is 0.243 e. The van der Waals surface area contributed by atoms with Gasteiger partial charge in [-0.15, -0.1) is 0 Å². The third-order valence-corrected chi connectivity index (χ3v) is 1.99. The van der Waals surface area contributed by atoms with Crippen molar-refractivity contribution in [1.82, 2.24) is 5.32 Å². The molecule has 16 heavy (non-hydrogen) atoms. The van der Waals surface area contributed by atoms with Gasteiger partial charge in [0.2, 0.25) is 5.91 Å². The molecule has 0 unspecified atom stereocenters. The van der Waals surface area contributed by atoms with E-state index in [1.165, 1.54) is 0 Å². The van der Waals surface area contributed by atoms with Crippen molar-refractivity contribution in [2.45, 2.75) is 40.0 Å². The zero-order valence-electron chi connectivity index (χ0n) is 10.6. The lowest BCUT2D eigenvalue weighted by atomic mass is 10.1. The van der Waals surface area contributed by atoms with Gasteiger partial charge in [-0.3, -0.25) is 4.79 Å². The molecule has 1 N–H and O–H groups in total. The molecule has 0 aromatic heterocycles. The Morgan fingerprint density at radius 3 is 2.44 bits per heavy atom. The number of likely N-dealkylation sites (N-methyl/N-ethyl adjacent to an activating group) is 1. The molecule has 0 rings (SSSR count). The Labute approximate surface area is 99.1 Å². The molecule has 0 heterocycles. The summed E-state index contributed by atoms with van der Waals surface area (Å²) in [5.74, 6) is -0.0326. The first-order chi connectivity index (χ1) is 7.74. The van der Waals surface area contributed by atoms with Gasteiger partial charge in [0.1, 0.15) is 0 Å². The largest absolute Gasteiger partial charge is 0.353 e. The summed E-state index contributed by atoms with van der Waals surface area (Å²) in [6.07, 6.45) is 13.0. The first-order valence-electron chi connectivity index (χ1n) is 6.07. The molecule has 0 aliphatic rings. The average molecular weight is 221 g/mol. The molecule has 1 amide bonds. The summed E-state index contributed by atoms with van der Waals surface area (Å²) >= 11 is 0. The van der Waals surface area contributed by atoms with Crippen LogP contribution in [0.2, 0.25) is 0 Å². The highest BCUT2D eigenvalue weighted by atomic mass is 16.1. The summed E-state index contributed by atoms with van der Waals surface area (Å²) in [4.78, 5) is 11.2. The molecule has 0 atom stereocenters. The Hall–Kier alpha value is -1.31. The van der Waals surface area contributed by atoms with E-state index < -0.39 is 0 Å². The van der Waals surface area contributed by atoms with E-state index in [9.17, 15) is 4.79 Å². The Morgan fingerprint density at radius 2 is 1.88 bits per heavy atom. The van der Waals surface area contributed by atoms with E-state index in [-0.39, 0.29) is 5.91 Å². The lowest BCUT2D eigenvalue weighted by Gasteiger charge is -1.96. The van der Waals surface area contributed by atoms with Gasteiger partial charge >= 0.3 is 0 Å². The number of carbonyl (C=O) groups excluding carboxylic acids is 1. The van der Waals surface area contributed by atoms with Crippen LogP contribution in [0.15, 0.2) is 36.0 Å². The predicted octanol–water partition coefficient (Wildman–Crippen LogP) is 3.37. The lowest BCUT2D eigenvalue weighted by Crippen LogP contribution is -2.19. The molecule has 0 aliphatic heterocycles. The number of hydrogen-bond acceptors (Lipinski definition) is 1. The third-order valence-electron chi connectivity index (χ3n) is 1.99. The normalized spacial score (nSPS) is 12.6. The molecule has 0 spiro atoms. The Bertz CT molecular complexity index is 274. The summed E-state index contributed by atoms with van der Waals surface area (Å²) in [6, 6.07) is 0. The average Bonchev–Trinajstić information content (AvgIpc) is 2.28. The first-order valence-corrected chi connectivity index (χ1v) is 6.07. The van der Waals surface area contributed by atoms with Crippen molar-refractivity contribution in [3.63, 3.8) is 0 Å². The highest BCUT2D eigenvalue weighted by molar-refractivity contribution is 5.88. The molecule has 2 heteroatoms. The summed E-state index contributed by atoms with van der Waals surface area (Å²) < 4.78 is 0. The van der Waals surface area contributed by atoms with Gasteiger partial charge < -0.3 is 5.32 Å². The molecule has 0 aromatic carbocycles. The van der Waals surface area contributed by atoms with Gasteiger partial charge in [-0.05, 0) is 31.4 Å². The quantitative estimate of drug-likeness (QED) is 0.518. The van der Waals surface area contributed by atoms with Crippen molar-refractivity contribution >= 4 is 5.91 Å². The molecule has 0 bridgehead atoms. The minimum Gasteiger partial charge on any atom is -0.353 e. The molecule has 0 aromatic rings. The molecule has 2 nitrogen and oxygen atoms in total. The second-order valence-corrected chi connectivity index (χ2v) is 3.53. The monoisotopic (exact) mass is 221 g/mol. The van der Waals surface area contributed by atoms with E-state index in [2.05, 4.69) is 37.4 Å². The zero-order valence-corrected chi connectivity index (χ0v) is 10.6. The molecule has 0 aliphatic carbocycles. The Balaban J connectivity index is 4.41. The van der Waals surface area contributed by atoms with Gasteiger partial charge in [-0.25, -0.2) is 0 Å². The van der Waals surface area contributed by atoms with Gasteiger partial charge in [0.15, 0.2) is 0 Å². The van der Waals surface area contributed by atoms with Crippen molar-refractivity contribution < 1.29 is 4.79 Å². The van der Waals surface area contributed by atoms with Crippen LogP contribution in [0.25, 0.3) is 0 Å². The number of carbonyl (C=O) groups is 1. The second-order valence-electron chi connectivity index (χ2n) is 3.53. The first kappa shape index (κ1) is 14.7. The van der Waals surface area contributed by atoms with Gasteiger partial charge in [0.25, 0.3) is 0 Å². The van der Waals surface area contributed by atoms with Crippen LogP contribution < -0.4 is 5.32 Å². The minimum atomic E-state index is -0.0326. The third kappa shape index (κ3) is 8.04. The molecule has 90 valence electrons. The maximum Gasteiger partial charge on any atom is 0.243 e. The maximum atomic E-state index is 11.2. The standard InChI is InChI=1S/C14H23NO/c1-4-7-9-13(10-8-5-2)11-12-14(16)15-6-3/h7,9-12H,4-6,8H2,1-3H3,(H,15,16)/b9-7+,12-11+,13-10+. The topological polar surface area (TPSA) is 29.1 Å². The fraction of sp³-hybridized carbons (Fsp3) is 0.500. The van der Waals surface area contributed by atoms with Crippen LogP contribution >= 0.6 is 0 Å². The van der Waals surface area contributed by atoms with Crippen LogP contribution in [-0.2, 0) is 4.79 Å². The maximum absolute atomic E-state index is 11.2. The SMILES string of the molecule is CC/C=C/C(/C=C/C(=O)NCC)=C\CCC. The van der Waals surface area contributed by atoms with Crippen molar-refractivity contribution in [2.75, 3.05) is 6.54 Å². The molecular weight excluding hydrogens is 198 g/mol. The molecule has 0 saturated carbocycles. The van der Waals surface area contributed by atoms with E-state index in [1.807, 2.05) is 13.0 Å². The summed E-state index contributed by atoms with van der Waals surface area (Å²) in [5.41, 5.74) is 1.11. The summed E-state index contributed by atoms with van der Waals surface area (Å²) in [5, 5.41) is 2.74. The highest BCUT2D eigenvalue weighted by Gasteiger charge is 1.91. The van der Waals surface area contributed by atoms with Crippen molar-refractivity contribution in [3.05, 3.63) is 36.0 Å². The van der Waals surface area contributed by atoms with Gasteiger partial charge in [0, 0.05) is 12.6 Å². The summed E-state index contributed by atoms with van der Waals surface area (Å²) in [7, 11) is 0.